The number of carbonyl (C=O) groups is 2. The van der Waals surface area contributed by atoms with Gasteiger partial charge in [0, 0.05) is 17.8 Å². The number of amides is 2. The molecule has 0 aromatic heterocycles. The number of nitrogens with one attached hydrogen (secondary N) is 1. The van der Waals surface area contributed by atoms with Gasteiger partial charge >= 0.3 is 0 Å². The molecule has 6 nitrogen and oxygen atoms in total. The highest BCUT2D eigenvalue weighted by molar-refractivity contribution is 7.91. The summed E-state index contributed by atoms with van der Waals surface area (Å²) in [4.78, 5) is 22.8. The van der Waals surface area contributed by atoms with Crippen LogP contribution in [0.1, 0.15) is 64.4 Å². The number of rotatable bonds is 12. The van der Waals surface area contributed by atoms with Crippen LogP contribution < -0.4 is 10.1 Å². The molecule has 1 atom stereocenters. The molecule has 31 heavy (non-hydrogen) atoms. The number of unbranched alkanes of at least 4 members (excludes halogenated alkanes) is 2. The van der Waals surface area contributed by atoms with Gasteiger partial charge in [-0.25, -0.2) is 12.8 Å². The maximum atomic E-state index is 14.1. The summed E-state index contributed by atoms with van der Waals surface area (Å²) in [6, 6.07) is 4.70. The molecule has 1 saturated heterocycles. The van der Waals surface area contributed by atoms with E-state index < -0.39 is 21.1 Å². The highest BCUT2D eigenvalue weighted by atomic mass is 32.2. The van der Waals surface area contributed by atoms with Gasteiger partial charge in [0.15, 0.2) is 21.4 Å². The van der Waals surface area contributed by atoms with Crippen molar-refractivity contribution in [3.63, 3.8) is 0 Å². The van der Waals surface area contributed by atoms with Crippen LogP contribution in [0, 0.1) is 17.7 Å². The molecule has 0 radical (unpaired) electrons. The second kappa shape index (κ2) is 9.67. The highest BCUT2D eigenvalue weighted by Gasteiger charge is 2.47. The lowest BCUT2D eigenvalue weighted by Crippen LogP contribution is -2.23. The van der Waals surface area contributed by atoms with E-state index in [-0.39, 0.29) is 47.3 Å². The fourth-order valence-corrected chi connectivity index (χ4v) is 6.18. The lowest BCUT2D eigenvalue weighted by molar-refractivity contribution is -0.125. The fourth-order valence-electron chi connectivity index (χ4n) is 4.09. The van der Waals surface area contributed by atoms with Gasteiger partial charge in [0.25, 0.3) is 0 Å². The first-order valence-corrected chi connectivity index (χ1v) is 12.9. The Morgan fingerprint density at radius 1 is 1.19 bits per heavy atom. The number of hydrogen-bond donors (Lipinski definition) is 1. The minimum absolute atomic E-state index is 0.0643. The van der Waals surface area contributed by atoms with Crippen LogP contribution >= 0.6 is 0 Å². The van der Waals surface area contributed by atoms with Crippen molar-refractivity contribution in [2.45, 2.75) is 64.2 Å². The van der Waals surface area contributed by atoms with Crippen LogP contribution in [-0.2, 0) is 24.8 Å². The summed E-state index contributed by atoms with van der Waals surface area (Å²) in [5.74, 6) is -0.538. The minimum atomic E-state index is -3.26. The van der Waals surface area contributed by atoms with Crippen LogP contribution in [-0.4, -0.2) is 38.3 Å². The van der Waals surface area contributed by atoms with E-state index in [0.717, 1.165) is 24.8 Å². The maximum Gasteiger partial charge on any atom is 0.230 e. The molecule has 0 bridgehead atoms. The Kier molecular flexibility index (Phi) is 7.39. The average Bonchev–Trinajstić information content (AvgIpc) is 3.37. The summed E-state index contributed by atoms with van der Waals surface area (Å²) in [5, 5.41) is 2.29. The lowest BCUT2D eigenvalue weighted by Gasteiger charge is -2.18. The molecule has 3 rings (SSSR count). The van der Waals surface area contributed by atoms with E-state index in [4.69, 9.17) is 4.74 Å². The van der Waals surface area contributed by atoms with Crippen LogP contribution in [0.25, 0.3) is 0 Å². The third-order valence-corrected chi connectivity index (χ3v) is 7.94. The topological polar surface area (TPSA) is 89.5 Å². The molecule has 1 heterocycles. The zero-order chi connectivity index (χ0) is 22.6. The number of imide groups is 1. The summed E-state index contributed by atoms with van der Waals surface area (Å²) < 4.78 is 45.1. The summed E-state index contributed by atoms with van der Waals surface area (Å²) in [6.07, 6.45) is 4.34. The molecule has 1 saturated carbocycles. The minimum Gasteiger partial charge on any atom is -0.490 e. The molecule has 172 valence electrons. The van der Waals surface area contributed by atoms with Crippen LogP contribution in [0.15, 0.2) is 18.2 Å². The van der Waals surface area contributed by atoms with Gasteiger partial charge in [-0.2, -0.15) is 0 Å². The Bertz CT molecular complexity index is 924. The van der Waals surface area contributed by atoms with Crippen LogP contribution in [0.2, 0.25) is 0 Å². The standard InChI is InChI=1S/C23H32FNO5S/c1-16(2)14-30-20-13-18(7-8-19(20)24)23(9-10-23)15-31(28,29)11-5-3-4-6-17-12-21(26)25-22(17)27/h7-8,13,16-17H,3-6,9-12,14-15H2,1-2H3,(H,25,26,27). The lowest BCUT2D eigenvalue weighted by atomic mass is 9.98. The number of sulfone groups is 1. The summed E-state index contributed by atoms with van der Waals surface area (Å²) >= 11 is 0. The Hall–Kier alpha value is -1.96. The van der Waals surface area contributed by atoms with E-state index in [1.807, 2.05) is 13.8 Å². The number of halogens is 1. The maximum absolute atomic E-state index is 14.1. The molecule has 0 spiro atoms. The van der Waals surface area contributed by atoms with E-state index in [0.29, 0.717) is 25.9 Å². The molecule has 8 heteroatoms. The van der Waals surface area contributed by atoms with Crippen molar-refractivity contribution in [3.05, 3.63) is 29.6 Å². The molecule has 1 N–H and O–H groups in total. The third kappa shape index (κ3) is 6.51. The molecule has 2 fully saturated rings. The average molecular weight is 454 g/mol. The molecular weight excluding hydrogens is 421 g/mol. The van der Waals surface area contributed by atoms with Gasteiger partial charge in [-0.05, 0) is 49.3 Å². The second-order valence-electron chi connectivity index (χ2n) is 9.39. The van der Waals surface area contributed by atoms with Gasteiger partial charge < -0.3 is 4.74 Å². The quantitative estimate of drug-likeness (QED) is 0.386. The Balaban J connectivity index is 1.49. The number of benzene rings is 1. The number of carbonyl (C=O) groups excluding carboxylic acids is 2. The summed E-state index contributed by atoms with van der Waals surface area (Å²) in [7, 11) is -3.26. The van der Waals surface area contributed by atoms with Crippen molar-refractivity contribution >= 4 is 21.7 Å². The highest BCUT2D eigenvalue weighted by Crippen LogP contribution is 2.50. The van der Waals surface area contributed by atoms with E-state index in [1.165, 1.54) is 6.07 Å². The number of hydrogen-bond acceptors (Lipinski definition) is 5. The molecule has 1 aliphatic heterocycles. The van der Waals surface area contributed by atoms with E-state index >= 15 is 0 Å². The molecule has 2 aliphatic rings. The Morgan fingerprint density at radius 3 is 2.55 bits per heavy atom. The summed E-state index contributed by atoms with van der Waals surface area (Å²) in [6.45, 7) is 4.37. The van der Waals surface area contributed by atoms with E-state index in [9.17, 15) is 22.4 Å². The van der Waals surface area contributed by atoms with Gasteiger partial charge in [0.2, 0.25) is 11.8 Å². The fraction of sp³-hybridized carbons (Fsp3) is 0.652. The zero-order valence-electron chi connectivity index (χ0n) is 18.3. The molecule has 2 amide bonds. The Morgan fingerprint density at radius 2 is 1.94 bits per heavy atom. The van der Waals surface area contributed by atoms with Gasteiger partial charge in [0.1, 0.15) is 0 Å². The molecular formula is C23H32FNO5S. The van der Waals surface area contributed by atoms with Crippen molar-refractivity contribution < 1.29 is 27.1 Å². The van der Waals surface area contributed by atoms with Gasteiger partial charge in [-0.15, -0.1) is 0 Å². The van der Waals surface area contributed by atoms with Gasteiger partial charge in [0.05, 0.1) is 18.1 Å². The van der Waals surface area contributed by atoms with Crippen molar-refractivity contribution in [1.29, 1.82) is 0 Å². The number of ether oxygens (including phenoxy) is 1. The van der Waals surface area contributed by atoms with Gasteiger partial charge in [-0.1, -0.05) is 32.8 Å². The van der Waals surface area contributed by atoms with Crippen LogP contribution in [0.3, 0.4) is 0 Å². The van der Waals surface area contributed by atoms with Gasteiger partial charge in [-0.3, -0.25) is 14.9 Å². The van der Waals surface area contributed by atoms with Crippen molar-refractivity contribution in [1.82, 2.24) is 5.32 Å². The van der Waals surface area contributed by atoms with E-state index in [2.05, 4.69) is 5.32 Å². The molecule has 1 aromatic carbocycles. The predicted octanol–water partition coefficient (Wildman–Crippen LogP) is 3.53. The first-order valence-electron chi connectivity index (χ1n) is 11.1. The first kappa shape index (κ1) is 23.7. The SMILES string of the molecule is CC(C)COc1cc(C2(CS(=O)(=O)CCCCCC3CC(=O)NC3=O)CC2)ccc1F. The smallest absolute Gasteiger partial charge is 0.230 e. The monoisotopic (exact) mass is 453 g/mol. The zero-order valence-corrected chi connectivity index (χ0v) is 19.1. The third-order valence-electron chi connectivity index (χ3n) is 6.04. The Labute approximate surface area is 183 Å². The normalized spacial score (nSPS) is 20.2. The second-order valence-corrected chi connectivity index (χ2v) is 11.6. The summed E-state index contributed by atoms with van der Waals surface area (Å²) in [5.41, 5.74) is 0.387. The molecule has 1 unspecified atom stereocenters. The first-order chi connectivity index (χ1) is 14.6. The predicted molar refractivity (Wildman–Crippen MR) is 116 cm³/mol. The van der Waals surface area contributed by atoms with Crippen LogP contribution in [0.4, 0.5) is 4.39 Å². The largest absolute Gasteiger partial charge is 0.490 e. The molecule has 1 aliphatic carbocycles. The van der Waals surface area contributed by atoms with Crippen molar-refractivity contribution in [3.8, 4) is 5.75 Å². The molecule has 1 aromatic rings. The van der Waals surface area contributed by atoms with Crippen molar-refractivity contribution in [2.75, 3.05) is 18.1 Å². The van der Waals surface area contributed by atoms with Crippen LogP contribution in [0.5, 0.6) is 5.75 Å². The van der Waals surface area contributed by atoms with Crippen molar-refractivity contribution in [2.24, 2.45) is 11.8 Å². The van der Waals surface area contributed by atoms with E-state index in [1.54, 1.807) is 12.1 Å².